The zero-order valence-electron chi connectivity index (χ0n) is 12.9. The molecule has 1 unspecified atom stereocenters. The van der Waals surface area contributed by atoms with E-state index < -0.39 is 16.1 Å². The van der Waals surface area contributed by atoms with Gasteiger partial charge >= 0.3 is 0 Å². The minimum absolute atomic E-state index is 0.0930. The fraction of sp³-hybridized carbons (Fsp3) is 0.929. The van der Waals surface area contributed by atoms with Gasteiger partial charge in [-0.05, 0) is 37.5 Å². The number of amides is 1. The Balaban J connectivity index is 1.64. The molecule has 1 aliphatic carbocycles. The quantitative estimate of drug-likeness (QED) is 0.558. The summed E-state index contributed by atoms with van der Waals surface area (Å²) in [6.45, 7) is 1.86. The van der Waals surface area contributed by atoms with Crippen LogP contribution in [0.5, 0.6) is 0 Å². The van der Waals surface area contributed by atoms with E-state index in [-0.39, 0.29) is 24.1 Å². The predicted octanol–water partition coefficient (Wildman–Crippen LogP) is -0.424. The molecule has 0 aromatic heterocycles. The van der Waals surface area contributed by atoms with Crippen molar-refractivity contribution in [2.75, 3.05) is 32.1 Å². The molecule has 0 bridgehead atoms. The van der Waals surface area contributed by atoms with Gasteiger partial charge in [0.2, 0.25) is 15.9 Å². The van der Waals surface area contributed by atoms with Crippen LogP contribution in [0.3, 0.4) is 0 Å². The Morgan fingerprint density at radius 2 is 1.91 bits per heavy atom. The lowest BCUT2D eigenvalue weighted by Gasteiger charge is -2.27. The summed E-state index contributed by atoms with van der Waals surface area (Å²) in [5.74, 6) is 0.209. The van der Waals surface area contributed by atoms with Crippen molar-refractivity contribution >= 4 is 15.9 Å². The first-order valence-electron chi connectivity index (χ1n) is 8.06. The van der Waals surface area contributed by atoms with Gasteiger partial charge in [-0.2, -0.15) is 0 Å². The number of ether oxygens (including phenoxy) is 1. The SMILES string of the molecule is NC(C(=O)NCCS(=O)(=O)NCC1CCC1)C1CCOCC1. The molecule has 1 saturated heterocycles. The number of nitrogens with one attached hydrogen (secondary N) is 2. The molecule has 2 rings (SSSR count). The molecule has 1 amide bonds. The number of carbonyl (C=O) groups excluding carboxylic acids is 1. The number of rotatable bonds is 8. The van der Waals surface area contributed by atoms with Crippen molar-refractivity contribution < 1.29 is 17.9 Å². The predicted molar refractivity (Wildman–Crippen MR) is 83.7 cm³/mol. The fourth-order valence-corrected chi connectivity index (χ4v) is 3.73. The number of sulfonamides is 1. The first kappa shape index (κ1) is 17.7. The highest BCUT2D eigenvalue weighted by molar-refractivity contribution is 7.89. The molecule has 0 radical (unpaired) electrons. The van der Waals surface area contributed by atoms with Gasteiger partial charge in [0.25, 0.3) is 0 Å². The van der Waals surface area contributed by atoms with Crippen molar-refractivity contribution in [3.63, 3.8) is 0 Å². The van der Waals surface area contributed by atoms with Crippen molar-refractivity contribution in [3.05, 3.63) is 0 Å². The van der Waals surface area contributed by atoms with Crippen LogP contribution in [0.15, 0.2) is 0 Å². The average molecular weight is 333 g/mol. The van der Waals surface area contributed by atoms with Crippen molar-refractivity contribution in [3.8, 4) is 0 Å². The van der Waals surface area contributed by atoms with Crippen LogP contribution in [0, 0.1) is 11.8 Å². The fourth-order valence-electron chi connectivity index (χ4n) is 2.73. The minimum atomic E-state index is -3.32. The summed E-state index contributed by atoms with van der Waals surface area (Å²) in [4.78, 5) is 12.0. The largest absolute Gasteiger partial charge is 0.381 e. The Labute approximate surface area is 132 Å². The van der Waals surface area contributed by atoms with Gasteiger partial charge in [0.1, 0.15) is 0 Å². The van der Waals surface area contributed by atoms with Crippen LogP contribution in [0.4, 0.5) is 0 Å². The van der Waals surface area contributed by atoms with Gasteiger partial charge < -0.3 is 15.8 Å². The molecular formula is C14H27N3O4S. The Hall–Kier alpha value is -0.700. The average Bonchev–Trinajstić information content (AvgIpc) is 2.45. The lowest BCUT2D eigenvalue weighted by molar-refractivity contribution is -0.124. The summed E-state index contributed by atoms with van der Waals surface area (Å²) < 4.78 is 31.5. The molecule has 1 aliphatic heterocycles. The van der Waals surface area contributed by atoms with Crippen LogP contribution in [0.1, 0.15) is 32.1 Å². The lowest BCUT2D eigenvalue weighted by atomic mass is 9.86. The molecule has 22 heavy (non-hydrogen) atoms. The molecule has 1 saturated carbocycles. The Morgan fingerprint density at radius 1 is 1.23 bits per heavy atom. The van der Waals surface area contributed by atoms with Gasteiger partial charge in [0.15, 0.2) is 0 Å². The van der Waals surface area contributed by atoms with E-state index >= 15 is 0 Å². The standard InChI is InChI=1S/C14H27N3O4S/c15-13(12-4-7-21-8-5-12)14(18)16-6-9-22(19,20)17-10-11-2-1-3-11/h11-13,17H,1-10,15H2,(H,16,18). The van der Waals surface area contributed by atoms with Crippen LogP contribution in [-0.2, 0) is 19.6 Å². The van der Waals surface area contributed by atoms with Crippen molar-refractivity contribution in [1.82, 2.24) is 10.0 Å². The maximum Gasteiger partial charge on any atom is 0.237 e. The molecule has 128 valence electrons. The third-order valence-electron chi connectivity index (χ3n) is 4.56. The van der Waals surface area contributed by atoms with E-state index in [0.29, 0.717) is 25.7 Å². The van der Waals surface area contributed by atoms with Crippen molar-refractivity contribution in [2.45, 2.75) is 38.1 Å². The smallest absolute Gasteiger partial charge is 0.237 e. The first-order chi connectivity index (χ1) is 10.5. The molecule has 2 aliphatic rings. The van der Waals surface area contributed by atoms with Crippen LogP contribution in [0.25, 0.3) is 0 Å². The number of hydrogen-bond acceptors (Lipinski definition) is 5. The molecule has 8 heteroatoms. The molecule has 0 spiro atoms. The maximum atomic E-state index is 12.0. The third kappa shape index (κ3) is 5.49. The van der Waals surface area contributed by atoms with Crippen LogP contribution in [0.2, 0.25) is 0 Å². The molecule has 1 atom stereocenters. The third-order valence-corrected chi connectivity index (χ3v) is 5.91. The van der Waals surface area contributed by atoms with Crippen LogP contribution in [-0.4, -0.2) is 52.4 Å². The highest BCUT2D eigenvalue weighted by atomic mass is 32.2. The van der Waals surface area contributed by atoms with Gasteiger partial charge in [0, 0.05) is 26.3 Å². The summed E-state index contributed by atoms with van der Waals surface area (Å²) in [5.41, 5.74) is 5.93. The second kappa shape index (κ2) is 8.24. The zero-order valence-corrected chi connectivity index (χ0v) is 13.7. The van der Waals surface area contributed by atoms with Gasteiger partial charge in [0.05, 0.1) is 11.8 Å². The Kier molecular flexibility index (Phi) is 6.61. The first-order valence-corrected chi connectivity index (χ1v) is 9.71. The van der Waals surface area contributed by atoms with E-state index in [9.17, 15) is 13.2 Å². The second-order valence-corrected chi connectivity index (χ2v) is 8.16. The number of carbonyl (C=O) groups is 1. The minimum Gasteiger partial charge on any atom is -0.381 e. The number of nitrogens with two attached hydrogens (primary N) is 1. The lowest BCUT2D eigenvalue weighted by Crippen LogP contribution is -2.48. The summed E-state index contributed by atoms with van der Waals surface area (Å²) in [6, 6.07) is -0.588. The second-order valence-electron chi connectivity index (χ2n) is 6.23. The van der Waals surface area contributed by atoms with E-state index in [2.05, 4.69) is 10.0 Å². The summed E-state index contributed by atoms with van der Waals surface area (Å²) in [6.07, 6.45) is 4.93. The van der Waals surface area contributed by atoms with Crippen molar-refractivity contribution in [1.29, 1.82) is 0 Å². The number of hydrogen-bond donors (Lipinski definition) is 3. The summed E-state index contributed by atoms with van der Waals surface area (Å²) >= 11 is 0. The Morgan fingerprint density at radius 3 is 2.50 bits per heavy atom. The molecule has 4 N–H and O–H groups in total. The van der Waals surface area contributed by atoms with Gasteiger partial charge in [-0.1, -0.05) is 6.42 Å². The van der Waals surface area contributed by atoms with E-state index in [1.165, 1.54) is 6.42 Å². The molecule has 0 aromatic carbocycles. The van der Waals surface area contributed by atoms with Gasteiger partial charge in [-0.3, -0.25) is 4.79 Å². The zero-order chi connectivity index (χ0) is 16.0. The molecule has 2 fully saturated rings. The monoisotopic (exact) mass is 333 g/mol. The van der Waals surface area contributed by atoms with Gasteiger partial charge in [-0.15, -0.1) is 0 Å². The summed E-state index contributed by atoms with van der Waals surface area (Å²) in [5, 5.41) is 2.63. The van der Waals surface area contributed by atoms with E-state index in [4.69, 9.17) is 10.5 Å². The maximum absolute atomic E-state index is 12.0. The molecular weight excluding hydrogens is 306 g/mol. The van der Waals surface area contributed by atoms with Crippen molar-refractivity contribution in [2.24, 2.45) is 17.6 Å². The van der Waals surface area contributed by atoms with Gasteiger partial charge in [-0.25, -0.2) is 13.1 Å². The normalized spacial score (nSPS) is 22.0. The Bertz CT molecular complexity index is 459. The highest BCUT2D eigenvalue weighted by Crippen LogP contribution is 2.25. The molecule has 7 nitrogen and oxygen atoms in total. The van der Waals surface area contributed by atoms with E-state index in [1.807, 2.05) is 0 Å². The molecule has 1 heterocycles. The highest BCUT2D eigenvalue weighted by Gasteiger charge is 2.26. The topological polar surface area (TPSA) is 111 Å². The molecule has 0 aromatic rings. The van der Waals surface area contributed by atoms with E-state index in [0.717, 1.165) is 25.7 Å². The van der Waals surface area contributed by atoms with E-state index in [1.54, 1.807) is 0 Å². The van der Waals surface area contributed by atoms with Crippen LogP contribution < -0.4 is 15.8 Å². The van der Waals surface area contributed by atoms with Crippen LogP contribution >= 0.6 is 0 Å². The summed E-state index contributed by atoms with van der Waals surface area (Å²) in [7, 11) is -3.32.